The Hall–Kier alpha value is -1.89. The smallest absolute Gasteiger partial charge is 0.303 e. The third-order valence-corrected chi connectivity index (χ3v) is 5.71. The van der Waals surface area contributed by atoms with Crippen molar-refractivity contribution in [3.8, 4) is 0 Å². The minimum atomic E-state index is -3.73. The van der Waals surface area contributed by atoms with Gasteiger partial charge >= 0.3 is 5.97 Å². The Morgan fingerprint density at radius 2 is 1.90 bits per heavy atom. The molecule has 1 aromatic rings. The lowest BCUT2D eigenvalue weighted by molar-refractivity contribution is -0.137. The number of aliphatic carboxylic acids is 1. The first kappa shape index (κ1) is 14.5. The molecule has 0 bridgehead atoms. The topological polar surface area (TPSA) is 91.8 Å². The second-order valence-electron chi connectivity index (χ2n) is 5.11. The summed E-state index contributed by atoms with van der Waals surface area (Å²) in [4.78, 5) is 22.7. The average molecular weight is 297 g/mol. The maximum Gasteiger partial charge on any atom is 0.303 e. The second kappa shape index (κ2) is 4.59. The lowest BCUT2D eigenvalue weighted by Crippen LogP contribution is -2.67. The highest BCUT2D eigenvalue weighted by Crippen LogP contribution is 2.40. The number of aryl methyl sites for hydroxylation is 1. The number of sulfonamides is 1. The zero-order valence-corrected chi connectivity index (χ0v) is 12.0. The highest BCUT2D eigenvalue weighted by atomic mass is 32.2. The first-order valence-electron chi connectivity index (χ1n) is 6.08. The first-order chi connectivity index (χ1) is 9.19. The summed E-state index contributed by atoms with van der Waals surface area (Å²) >= 11 is 0. The maximum absolute atomic E-state index is 12.2. The van der Waals surface area contributed by atoms with Gasteiger partial charge < -0.3 is 5.11 Å². The molecule has 1 fully saturated rings. The molecule has 1 aromatic carbocycles. The number of carboxylic acids is 1. The van der Waals surface area contributed by atoms with E-state index in [0.29, 0.717) is 5.56 Å². The van der Waals surface area contributed by atoms with E-state index in [4.69, 9.17) is 5.11 Å². The summed E-state index contributed by atoms with van der Waals surface area (Å²) in [6.07, 6.45) is 0.0493. The number of carbonyl (C=O) groups is 2. The molecule has 1 N–H and O–H groups in total. The molecule has 0 aromatic heterocycles. The molecule has 2 rings (SSSR count). The minimum absolute atomic E-state index is 0.123. The zero-order valence-electron chi connectivity index (χ0n) is 11.2. The van der Waals surface area contributed by atoms with E-state index in [0.717, 1.165) is 4.31 Å². The molecule has 1 saturated heterocycles. The van der Waals surface area contributed by atoms with Crippen LogP contribution >= 0.6 is 0 Å². The fourth-order valence-corrected chi connectivity index (χ4v) is 3.57. The Bertz CT molecular complexity index is 678. The van der Waals surface area contributed by atoms with Crippen LogP contribution in [0.25, 0.3) is 0 Å². The SMILES string of the molecule is CC1(C)C(=O)N(c2ccccc2CCC(=O)O)S1(=O)=O. The molecule has 0 aliphatic carbocycles. The highest BCUT2D eigenvalue weighted by molar-refractivity contribution is 7.98. The molecule has 1 heterocycles. The minimum Gasteiger partial charge on any atom is -0.481 e. The van der Waals surface area contributed by atoms with Crippen LogP contribution in [0, 0.1) is 0 Å². The molecule has 0 saturated carbocycles. The largest absolute Gasteiger partial charge is 0.481 e. The van der Waals surface area contributed by atoms with Crippen LogP contribution in [-0.4, -0.2) is 30.1 Å². The number of anilines is 1. The van der Waals surface area contributed by atoms with E-state index < -0.39 is 26.6 Å². The van der Waals surface area contributed by atoms with Gasteiger partial charge in [0.1, 0.15) is 0 Å². The molecule has 1 amide bonds. The maximum atomic E-state index is 12.2. The van der Waals surface area contributed by atoms with Crippen molar-refractivity contribution in [1.29, 1.82) is 0 Å². The molecule has 0 atom stereocenters. The standard InChI is InChI=1S/C13H15NO5S/c1-13(2)12(17)14(20(13,18)19)10-6-4-3-5-9(10)7-8-11(15)16/h3-6H,7-8H2,1-2H3,(H,15,16). The molecule has 7 heteroatoms. The quantitative estimate of drug-likeness (QED) is 0.900. The number of benzene rings is 1. The van der Waals surface area contributed by atoms with Gasteiger partial charge in [-0.1, -0.05) is 18.2 Å². The van der Waals surface area contributed by atoms with Crippen molar-refractivity contribution < 1.29 is 23.1 Å². The molecule has 1 aliphatic heterocycles. The molecule has 1 aliphatic rings. The van der Waals surface area contributed by atoms with Gasteiger partial charge in [-0.2, -0.15) is 0 Å². The Kier molecular flexibility index (Phi) is 3.33. The van der Waals surface area contributed by atoms with Gasteiger partial charge in [-0.3, -0.25) is 9.59 Å². The third-order valence-electron chi connectivity index (χ3n) is 3.40. The van der Waals surface area contributed by atoms with Gasteiger partial charge in [0.05, 0.1) is 5.69 Å². The number of hydrogen-bond donors (Lipinski definition) is 1. The summed E-state index contributed by atoms with van der Waals surface area (Å²) in [6.45, 7) is 2.72. The fraction of sp³-hybridized carbons (Fsp3) is 0.385. The van der Waals surface area contributed by atoms with E-state index in [1.807, 2.05) is 0 Å². The second-order valence-corrected chi connectivity index (χ2v) is 7.44. The van der Waals surface area contributed by atoms with Crippen LogP contribution in [0.4, 0.5) is 5.69 Å². The fourth-order valence-electron chi connectivity index (χ4n) is 2.05. The van der Waals surface area contributed by atoms with Crippen molar-refractivity contribution >= 4 is 27.6 Å². The molecule has 6 nitrogen and oxygen atoms in total. The predicted molar refractivity (Wildman–Crippen MR) is 72.9 cm³/mol. The van der Waals surface area contributed by atoms with Crippen molar-refractivity contribution in [2.24, 2.45) is 0 Å². The first-order valence-corrected chi connectivity index (χ1v) is 7.52. The Morgan fingerprint density at radius 3 is 2.45 bits per heavy atom. The molecular weight excluding hydrogens is 282 g/mol. The normalized spacial score (nSPS) is 19.5. The van der Waals surface area contributed by atoms with Gasteiger partial charge in [0.2, 0.25) is 0 Å². The monoisotopic (exact) mass is 297 g/mol. The summed E-state index contributed by atoms with van der Waals surface area (Å²) in [5, 5.41) is 8.71. The van der Waals surface area contributed by atoms with Crippen molar-refractivity contribution in [1.82, 2.24) is 0 Å². The van der Waals surface area contributed by atoms with E-state index in [1.165, 1.54) is 19.9 Å². The van der Waals surface area contributed by atoms with Gasteiger partial charge in [-0.25, -0.2) is 12.7 Å². The number of rotatable bonds is 4. The zero-order chi connectivity index (χ0) is 15.1. The van der Waals surface area contributed by atoms with E-state index in [1.54, 1.807) is 18.2 Å². The van der Waals surface area contributed by atoms with Crippen LogP contribution in [0.1, 0.15) is 25.8 Å². The summed E-state index contributed by atoms with van der Waals surface area (Å²) in [7, 11) is -3.73. The lowest BCUT2D eigenvalue weighted by Gasteiger charge is -2.43. The number of para-hydroxylation sites is 1. The Labute approximate surface area is 117 Å². The van der Waals surface area contributed by atoms with Gasteiger partial charge in [-0.15, -0.1) is 0 Å². The van der Waals surface area contributed by atoms with Crippen molar-refractivity contribution in [2.75, 3.05) is 4.31 Å². The average Bonchev–Trinajstić information content (AvgIpc) is 2.37. The Morgan fingerprint density at radius 1 is 1.30 bits per heavy atom. The summed E-state index contributed by atoms with van der Waals surface area (Å²) < 4.78 is 23.7. The molecule has 0 radical (unpaired) electrons. The molecule has 0 unspecified atom stereocenters. The number of hydrogen-bond acceptors (Lipinski definition) is 4. The van der Waals surface area contributed by atoms with E-state index in [9.17, 15) is 18.0 Å². The van der Waals surface area contributed by atoms with Crippen LogP contribution in [0.15, 0.2) is 24.3 Å². The van der Waals surface area contributed by atoms with Crippen molar-refractivity contribution in [3.63, 3.8) is 0 Å². The van der Waals surface area contributed by atoms with E-state index in [2.05, 4.69) is 0 Å². The lowest BCUT2D eigenvalue weighted by atomic mass is 10.1. The Balaban J connectivity index is 2.40. The van der Waals surface area contributed by atoms with Gasteiger partial charge in [0, 0.05) is 6.42 Å². The van der Waals surface area contributed by atoms with E-state index >= 15 is 0 Å². The number of carboxylic acid groups (broad SMARTS) is 1. The molecule has 20 heavy (non-hydrogen) atoms. The molecular formula is C13H15NO5S. The predicted octanol–water partition coefficient (Wildman–Crippen LogP) is 1.16. The summed E-state index contributed by atoms with van der Waals surface area (Å²) in [5.41, 5.74) is 0.778. The van der Waals surface area contributed by atoms with E-state index in [-0.39, 0.29) is 18.5 Å². The van der Waals surface area contributed by atoms with Crippen LogP contribution in [-0.2, 0) is 26.0 Å². The number of nitrogens with zero attached hydrogens (tertiary/aromatic N) is 1. The van der Waals surface area contributed by atoms with Gasteiger partial charge in [-0.05, 0) is 31.9 Å². The number of amides is 1. The van der Waals surface area contributed by atoms with Crippen molar-refractivity contribution in [2.45, 2.75) is 31.4 Å². The van der Waals surface area contributed by atoms with Crippen LogP contribution in [0.3, 0.4) is 0 Å². The molecule has 0 spiro atoms. The number of carbonyl (C=O) groups excluding carboxylic acids is 1. The van der Waals surface area contributed by atoms with Crippen LogP contribution in [0.2, 0.25) is 0 Å². The third kappa shape index (κ3) is 1.98. The van der Waals surface area contributed by atoms with Gasteiger partial charge in [0.15, 0.2) is 4.75 Å². The highest BCUT2D eigenvalue weighted by Gasteiger charge is 2.61. The van der Waals surface area contributed by atoms with Crippen LogP contribution < -0.4 is 4.31 Å². The van der Waals surface area contributed by atoms with Crippen LogP contribution in [0.5, 0.6) is 0 Å². The molecule has 108 valence electrons. The van der Waals surface area contributed by atoms with Crippen molar-refractivity contribution in [3.05, 3.63) is 29.8 Å². The van der Waals surface area contributed by atoms with Gasteiger partial charge in [0.25, 0.3) is 15.9 Å². The summed E-state index contributed by atoms with van der Waals surface area (Å²) in [6, 6.07) is 6.45. The summed E-state index contributed by atoms with van der Waals surface area (Å²) in [5.74, 6) is -1.47.